The molecule has 0 aliphatic carbocycles. The van der Waals surface area contributed by atoms with E-state index in [9.17, 15) is 9.18 Å². The van der Waals surface area contributed by atoms with Crippen LogP contribution in [-0.2, 0) is 19.6 Å². The van der Waals surface area contributed by atoms with E-state index < -0.39 is 0 Å². The number of aromatic nitrogens is 5. The summed E-state index contributed by atoms with van der Waals surface area (Å²) >= 11 is 0. The second kappa shape index (κ2) is 12.1. The first-order valence-electron chi connectivity index (χ1n) is 13.0. The topological polar surface area (TPSA) is 98.2 Å². The summed E-state index contributed by atoms with van der Waals surface area (Å²) in [5.41, 5.74) is 3.14. The molecule has 0 bridgehead atoms. The highest BCUT2D eigenvalue weighted by molar-refractivity contribution is 5.80. The third-order valence-corrected chi connectivity index (χ3v) is 6.98. The minimum absolute atomic E-state index is 0.154. The molecule has 0 aliphatic rings. The molecule has 1 atom stereocenters. The molecule has 206 valence electrons. The Morgan fingerprint density at radius 3 is 2.33 bits per heavy atom. The van der Waals surface area contributed by atoms with Crippen molar-refractivity contribution in [2.24, 2.45) is 0 Å². The Kier molecular flexibility index (Phi) is 8.16. The van der Waals surface area contributed by atoms with Crippen molar-refractivity contribution in [2.75, 3.05) is 14.2 Å². The van der Waals surface area contributed by atoms with Gasteiger partial charge in [-0.2, -0.15) is 0 Å². The fraction of sp³-hybridized carbons (Fsp3) is 0.267. The molecule has 1 unspecified atom stereocenters. The van der Waals surface area contributed by atoms with Crippen LogP contribution in [-0.4, -0.2) is 44.3 Å². The maximum atomic E-state index is 13.5. The molecule has 1 N–H and O–H groups in total. The van der Waals surface area contributed by atoms with Gasteiger partial charge in [0.15, 0.2) is 5.82 Å². The third kappa shape index (κ3) is 6.02. The molecular formula is C30H31FN6O3. The van der Waals surface area contributed by atoms with E-state index in [0.29, 0.717) is 43.2 Å². The molecule has 0 saturated carbocycles. The predicted octanol–water partition coefficient (Wildman–Crippen LogP) is 4.87. The first-order chi connectivity index (χ1) is 19.5. The lowest BCUT2D eigenvalue weighted by molar-refractivity contribution is 0.161. The van der Waals surface area contributed by atoms with E-state index in [1.165, 1.54) is 12.1 Å². The lowest BCUT2D eigenvalue weighted by Gasteiger charge is -2.30. The summed E-state index contributed by atoms with van der Waals surface area (Å²) in [7, 11) is 3.25. The van der Waals surface area contributed by atoms with Gasteiger partial charge in [-0.15, -0.1) is 5.10 Å². The summed E-state index contributed by atoms with van der Waals surface area (Å²) in [6, 6.07) is 21.4. The summed E-state index contributed by atoms with van der Waals surface area (Å²) in [6.45, 7) is 3.36. The summed E-state index contributed by atoms with van der Waals surface area (Å²) in [5, 5.41) is 13.5. The number of hydrogen-bond acceptors (Lipinski definition) is 7. The fourth-order valence-electron chi connectivity index (χ4n) is 4.86. The van der Waals surface area contributed by atoms with Gasteiger partial charge in [0.2, 0.25) is 0 Å². The van der Waals surface area contributed by atoms with Crippen molar-refractivity contribution in [1.82, 2.24) is 30.1 Å². The van der Waals surface area contributed by atoms with E-state index in [1.807, 2.05) is 48.5 Å². The first-order valence-corrected chi connectivity index (χ1v) is 13.0. The predicted molar refractivity (Wildman–Crippen MR) is 150 cm³/mol. The van der Waals surface area contributed by atoms with Crippen molar-refractivity contribution in [3.63, 3.8) is 0 Å². The number of hydrogen-bond donors (Lipinski definition) is 1. The summed E-state index contributed by atoms with van der Waals surface area (Å²) < 4.78 is 25.9. The Bertz CT molecular complexity index is 1630. The van der Waals surface area contributed by atoms with E-state index in [0.717, 1.165) is 27.8 Å². The Morgan fingerprint density at radius 1 is 0.925 bits per heavy atom. The van der Waals surface area contributed by atoms with E-state index in [4.69, 9.17) is 9.47 Å². The number of nitrogens with one attached hydrogen (secondary N) is 1. The van der Waals surface area contributed by atoms with Crippen LogP contribution in [0.1, 0.15) is 41.9 Å². The zero-order chi connectivity index (χ0) is 28.1. The van der Waals surface area contributed by atoms with Crippen molar-refractivity contribution in [2.45, 2.75) is 39.0 Å². The average Bonchev–Trinajstić information content (AvgIpc) is 3.42. The molecule has 0 spiro atoms. The Hall–Kier alpha value is -4.57. The fourth-order valence-corrected chi connectivity index (χ4v) is 4.86. The smallest absolute Gasteiger partial charge is 0.252 e. The summed E-state index contributed by atoms with van der Waals surface area (Å²) in [6.07, 6.45) is 0.694. The molecule has 0 amide bonds. The molecule has 9 nitrogen and oxygen atoms in total. The summed E-state index contributed by atoms with van der Waals surface area (Å²) in [5.74, 6) is 1.85. The molecule has 0 aliphatic heterocycles. The molecule has 40 heavy (non-hydrogen) atoms. The molecule has 0 fully saturated rings. The van der Waals surface area contributed by atoms with Gasteiger partial charge in [-0.3, -0.25) is 9.69 Å². The second-order valence-corrected chi connectivity index (χ2v) is 9.58. The quantitative estimate of drug-likeness (QED) is 0.254. The number of methoxy groups -OCH3 is 2. The van der Waals surface area contributed by atoms with Gasteiger partial charge in [-0.1, -0.05) is 31.2 Å². The Labute approximate surface area is 231 Å². The number of H-pyrrole nitrogens is 1. The highest BCUT2D eigenvalue weighted by Gasteiger charge is 2.26. The van der Waals surface area contributed by atoms with Crippen molar-refractivity contribution >= 4 is 10.9 Å². The second-order valence-electron chi connectivity index (χ2n) is 9.58. The standard InChI is InChI=1S/C30H31FN6O3/c1-4-28(29-33-34-35-37(29)18-21-5-9-24(31)10-6-21)36(17-20-7-11-25(39-2)12-8-20)19-23-15-22-16-26(40-3)13-14-27(22)32-30(23)38/h5-16,28H,4,17-19H2,1-3H3,(H,32,38). The van der Waals surface area contributed by atoms with E-state index >= 15 is 0 Å². The lowest BCUT2D eigenvalue weighted by Crippen LogP contribution is -2.32. The number of ether oxygens (including phenoxy) is 2. The molecule has 2 heterocycles. The highest BCUT2D eigenvalue weighted by atomic mass is 19.1. The van der Waals surface area contributed by atoms with E-state index in [2.05, 4.69) is 32.3 Å². The van der Waals surface area contributed by atoms with Crippen LogP contribution in [0.4, 0.5) is 4.39 Å². The van der Waals surface area contributed by atoms with Gasteiger partial charge >= 0.3 is 0 Å². The maximum Gasteiger partial charge on any atom is 0.252 e. The maximum absolute atomic E-state index is 13.5. The number of aromatic amines is 1. The minimum Gasteiger partial charge on any atom is -0.497 e. The number of benzene rings is 3. The van der Waals surface area contributed by atoms with Crippen LogP contribution in [0.3, 0.4) is 0 Å². The van der Waals surface area contributed by atoms with E-state index in [-0.39, 0.29) is 17.4 Å². The van der Waals surface area contributed by atoms with Gasteiger partial charge in [0.1, 0.15) is 17.3 Å². The third-order valence-electron chi connectivity index (χ3n) is 6.98. The number of pyridine rings is 1. The number of halogens is 1. The number of tetrazole rings is 1. The highest BCUT2D eigenvalue weighted by Crippen LogP contribution is 2.28. The van der Waals surface area contributed by atoms with Crippen LogP contribution in [0, 0.1) is 5.82 Å². The zero-order valence-corrected chi connectivity index (χ0v) is 22.7. The monoisotopic (exact) mass is 542 g/mol. The van der Waals surface area contributed by atoms with Crippen molar-refractivity contribution < 1.29 is 13.9 Å². The van der Waals surface area contributed by atoms with E-state index in [1.54, 1.807) is 31.0 Å². The molecule has 10 heteroatoms. The molecule has 5 rings (SSSR count). The molecule has 2 aromatic heterocycles. The Morgan fingerprint density at radius 2 is 1.62 bits per heavy atom. The van der Waals surface area contributed by atoms with Gasteiger partial charge in [-0.25, -0.2) is 9.07 Å². The largest absolute Gasteiger partial charge is 0.497 e. The minimum atomic E-state index is -0.295. The number of rotatable bonds is 11. The SMILES string of the molecule is CCC(c1nnnn1Cc1ccc(F)cc1)N(Cc1ccc(OC)cc1)Cc1cc2cc(OC)ccc2[nH]c1=O. The van der Waals surface area contributed by atoms with Gasteiger partial charge < -0.3 is 14.5 Å². The molecule has 0 saturated heterocycles. The molecular weight excluding hydrogens is 511 g/mol. The van der Waals surface area contributed by atoms with Crippen LogP contribution in [0.5, 0.6) is 11.5 Å². The van der Waals surface area contributed by atoms with Gasteiger partial charge in [0.25, 0.3) is 5.56 Å². The normalized spacial score (nSPS) is 12.1. The van der Waals surface area contributed by atoms with Gasteiger partial charge in [0.05, 0.1) is 26.8 Å². The number of fused-ring (bicyclic) bond motifs is 1. The van der Waals surface area contributed by atoms with Crippen LogP contribution in [0.2, 0.25) is 0 Å². The molecule has 3 aromatic carbocycles. The summed E-state index contributed by atoms with van der Waals surface area (Å²) in [4.78, 5) is 18.4. The van der Waals surface area contributed by atoms with Crippen molar-refractivity contribution in [3.05, 3.63) is 111 Å². The lowest BCUT2D eigenvalue weighted by atomic mass is 10.1. The Balaban J connectivity index is 1.51. The van der Waals surface area contributed by atoms with Crippen LogP contribution in [0.25, 0.3) is 10.9 Å². The zero-order valence-electron chi connectivity index (χ0n) is 22.7. The van der Waals surface area contributed by atoms with Crippen LogP contribution >= 0.6 is 0 Å². The average molecular weight is 543 g/mol. The van der Waals surface area contributed by atoms with Gasteiger partial charge in [-0.05, 0) is 76.5 Å². The first kappa shape index (κ1) is 27.0. The van der Waals surface area contributed by atoms with Crippen molar-refractivity contribution in [3.8, 4) is 11.5 Å². The van der Waals surface area contributed by atoms with Crippen LogP contribution < -0.4 is 15.0 Å². The van der Waals surface area contributed by atoms with Gasteiger partial charge in [0, 0.05) is 29.6 Å². The van der Waals surface area contributed by atoms with Crippen LogP contribution in [0.15, 0.2) is 77.6 Å². The molecule has 0 radical (unpaired) electrons. The number of nitrogens with zero attached hydrogens (tertiary/aromatic N) is 5. The molecule has 5 aromatic rings. The van der Waals surface area contributed by atoms with Crippen molar-refractivity contribution in [1.29, 1.82) is 0 Å².